The van der Waals surface area contributed by atoms with Crippen molar-refractivity contribution >= 4 is 27.5 Å². The fourth-order valence-electron chi connectivity index (χ4n) is 2.97. The highest BCUT2D eigenvalue weighted by Crippen LogP contribution is 2.22. The minimum Gasteiger partial charge on any atom is -0.497 e. The van der Waals surface area contributed by atoms with Crippen LogP contribution in [0.15, 0.2) is 42.5 Å². The average molecular weight is 470 g/mol. The fraction of sp³-hybridized carbons (Fsp3) is 0.333. The van der Waals surface area contributed by atoms with Crippen molar-refractivity contribution in [2.24, 2.45) is 0 Å². The van der Waals surface area contributed by atoms with E-state index in [1.165, 1.54) is 26.0 Å². The van der Waals surface area contributed by atoms with Gasteiger partial charge >= 0.3 is 0 Å². The van der Waals surface area contributed by atoms with Gasteiger partial charge in [-0.1, -0.05) is 12.1 Å². The Labute approximate surface area is 185 Å². The van der Waals surface area contributed by atoms with Gasteiger partial charge in [0.25, 0.3) is 0 Å². The van der Waals surface area contributed by atoms with Crippen molar-refractivity contribution in [2.45, 2.75) is 19.5 Å². The maximum absolute atomic E-state index is 13.7. The second kappa shape index (κ2) is 10.4. The Bertz CT molecular complexity index is 1080. The van der Waals surface area contributed by atoms with E-state index in [0.717, 1.165) is 18.4 Å². The molecule has 2 aromatic rings. The van der Waals surface area contributed by atoms with E-state index in [0.29, 0.717) is 21.7 Å². The number of amides is 2. The summed E-state index contributed by atoms with van der Waals surface area (Å²) in [5, 5.41) is 2.46. The van der Waals surface area contributed by atoms with Crippen molar-refractivity contribution < 1.29 is 31.5 Å². The van der Waals surface area contributed by atoms with E-state index < -0.39 is 46.1 Å². The number of carbonyl (C=O) groups excluding carboxylic acids is 2. The number of sulfonamides is 1. The first-order valence-electron chi connectivity index (χ1n) is 9.54. The first kappa shape index (κ1) is 25.1. The number of halogens is 2. The van der Waals surface area contributed by atoms with Gasteiger partial charge in [0.15, 0.2) is 11.6 Å². The summed E-state index contributed by atoms with van der Waals surface area (Å²) in [6.45, 7) is 0.802. The maximum Gasteiger partial charge on any atom is 0.244 e. The Morgan fingerprint density at radius 2 is 1.72 bits per heavy atom. The lowest BCUT2D eigenvalue weighted by atomic mass is 10.1. The Kier molecular flexibility index (Phi) is 8.14. The van der Waals surface area contributed by atoms with Gasteiger partial charge in [-0.3, -0.25) is 13.9 Å². The summed E-state index contributed by atoms with van der Waals surface area (Å²) in [5.74, 6) is -2.95. The van der Waals surface area contributed by atoms with Crippen molar-refractivity contribution in [3.8, 4) is 5.75 Å². The van der Waals surface area contributed by atoms with Crippen LogP contribution in [0, 0.1) is 11.6 Å². The van der Waals surface area contributed by atoms with Crippen LogP contribution in [0.3, 0.4) is 0 Å². The van der Waals surface area contributed by atoms with Gasteiger partial charge in [-0.05, 0) is 36.8 Å². The number of nitrogens with zero attached hydrogens (tertiary/aromatic N) is 2. The molecule has 2 aromatic carbocycles. The number of likely N-dealkylation sites (N-methyl/N-ethyl adjacent to an activating group) is 1. The molecule has 0 aliphatic heterocycles. The molecule has 1 unspecified atom stereocenters. The summed E-state index contributed by atoms with van der Waals surface area (Å²) in [4.78, 5) is 26.6. The number of hydrogen-bond donors (Lipinski definition) is 1. The molecule has 0 saturated heterocycles. The van der Waals surface area contributed by atoms with E-state index in [9.17, 15) is 26.8 Å². The lowest BCUT2D eigenvalue weighted by Gasteiger charge is -2.31. The molecule has 8 nitrogen and oxygen atoms in total. The summed E-state index contributed by atoms with van der Waals surface area (Å²) in [6.07, 6.45) is 0.845. The standard InChI is InChI=1S/C21H25F2N3O5S/c1-14(21(28)24-2)25(12-15-5-8-17(31-3)9-6-15)20(27)13-26(32(4,29)30)16-7-10-18(22)19(23)11-16/h5-11,14H,12-13H2,1-4H3,(H,24,28). The maximum atomic E-state index is 13.7. The van der Waals surface area contributed by atoms with E-state index in [1.54, 1.807) is 24.3 Å². The Morgan fingerprint density at radius 1 is 1.09 bits per heavy atom. The molecule has 0 bridgehead atoms. The van der Waals surface area contributed by atoms with E-state index in [1.807, 2.05) is 0 Å². The van der Waals surface area contributed by atoms with E-state index in [4.69, 9.17) is 4.74 Å². The van der Waals surface area contributed by atoms with Crippen molar-refractivity contribution in [1.82, 2.24) is 10.2 Å². The molecule has 1 atom stereocenters. The number of benzene rings is 2. The zero-order valence-electron chi connectivity index (χ0n) is 18.1. The molecule has 0 aromatic heterocycles. The number of hydrogen-bond acceptors (Lipinski definition) is 5. The van der Waals surface area contributed by atoms with Crippen LogP contribution in [0.4, 0.5) is 14.5 Å². The number of rotatable bonds is 9. The van der Waals surface area contributed by atoms with Crippen LogP contribution in [0.25, 0.3) is 0 Å². The number of nitrogens with one attached hydrogen (secondary N) is 1. The van der Waals surface area contributed by atoms with Crippen LogP contribution in [-0.4, -0.2) is 58.1 Å². The smallest absolute Gasteiger partial charge is 0.244 e. The van der Waals surface area contributed by atoms with Crippen molar-refractivity contribution in [3.63, 3.8) is 0 Å². The van der Waals surface area contributed by atoms with E-state index in [-0.39, 0.29) is 12.2 Å². The highest BCUT2D eigenvalue weighted by Gasteiger charge is 2.30. The monoisotopic (exact) mass is 469 g/mol. The fourth-order valence-corrected chi connectivity index (χ4v) is 3.81. The third kappa shape index (κ3) is 6.16. The summed E-state index contributed by atoms with van der Waals surface area (Å²) < 4.78 is 57.4. The second-order valence-electron chi connectivity index (χ2n) is 7.03. The molecule has 0 aliphatic rings. The molecule has 11 heteroatoms. The first-order chi connectivity index (χ1) is 15.0. The SMILES string of the molecule is CNC(=O)C(C)N(Cc1ccc(OC)cc1)C(=O)CN(c1ccc(F)c(F)c1)S(C)(=O)=O. The predicted octanol–water partition coefficient (Wildman–Crippen LogP) is 1.90. The van der Waals surface area contributed by atoms with Crippen LogP contribution in [-0.2, 0) is 26.2 Å². The van der Waals surface area contributed by atoms with Crippen LogP contribution in [0.5, 0.6) is 5.75 Å². The Morgan fingerprint density at radius 3 is 2.22 bits per heavy atom. The summed E-state index contributed by atoms with van der Waals surface area (Å²) in [6, 6.07) is 8.39. The minimum absolute atomic E-state index is 0.00674. The van der Waals surface area contributed by atoms with Crippen LogP contribution < -0.4 is 14.4 Å². The number of anilines is 1. The number of ether oxygens (including phenoxy) is 1. The zero-order chi connectivity index (χ0) is 24.1. The van der Waals surface area contributed by atoms with Crippen LogP contribution in [0.2, 0.25) is 0 Å². The van der Waals surface area contributed by atoms with Gasteiger partial charge in [0.1, 0.15) is 18.3 Å². The highest BCUT2D eigenvalue weighted by atomic mass is 32.2. The number of methoxy groups -OCH3 is 1. The van der Waals surface area contributed by atoms with Crippen molar-refractivity contribution in [3.05, 3.63) is 59.7 Å². The Balaban J connectivity index is 2.38. The topological polar surface area (TPSA) is 96.0 Å². The van der Waals surface area contributed by atoms with Gasteiger partial charge < -0.3 is 15.0 Å². The van der Waals surface area contributed by atoms with Crippen LogP contribution >= 0.6 is 0 Å². The summed E-state index contributed by atoms with van der Waals surface area (Å²) in [5.41, 5.74) is 0.463. The molecule has 0 aliphatic carbocycles. The molecule has 174 valence electrons. The third-order valence-corrected chi connectivity index (χ3v) is 5.94. The lowest BCUT2D eigenvalue weighted by molar-refractivity contribution is -0.139. The first-order valence-corrected chi connectivity index (χ1v) is 11.4. The normalized spacial score (nSPS) is 12.1. The van der Waals surface area contributed by atoms with Gasteiger partial charge in [-0.2, -0.15) is 0 Å². The molecular formula is C21H25F2N3O5S. The molecule has 0 fully saturated rings. The third-order valence-electron chi connectivity index (χ3n) is 4.80. The average Bonchev–Trinajstić information content (AvgIpc) is 2.76. The molecule has 2 rings (SSSR count). The molecule has 0 spiro atoms. The second-order valence-corrected chi connectivity index (χ2v) is 8.93. The molecule has 0 saturated carbocycles. The summed E-state index contributed by atoms with van der Waals surface area (Å²) >= 11 is 0. The van der Waals surface area contributed by atoms with Crippen molar-refractivity contribution in [2.75, 3.05) is 31.3 Å². The summed E-state index contributed by atoms with van der Waals surface area (Å²) in [7, 11) is -1.10. The molecule has 2 amide bonds. The van der Waals surface area contributed by atoms with E-state index >= 15 is 0 Å². The largest absolute Gasteiger partial charge is 0.497 e. The molecular weight excluding hydrogens is 444 g/mol. The molecule has 0 heterocycles. The zero-order valence-corrected chi connectivity index (χ0v) is 18.9. The van der Waals surface area contributed by atoms with Gasteiger partial charge in [-0.25, -0.2) is 17.2 Å². The number of carbonyl (C=O) groups is 2. The van der Waals surface area contributed by atoms with Gasteiger partial charge in [0.2, 0.25) is 21.8 Å². The Hall–Kier alpha value is -3.21. The van der Waals surface area contributed by atoms with Gasteiger partial charge in [-0.15, -0.1) is 0 Å². The predicted molar refractivity (Wildman–Crippen MR) is 116 cm³/mol. The minimum atomic E-state index is -4.03. The lowest BCUT2D eigenvalue weighted by Crippen LogP contribution is -2.50. The molecule has 1 N–H and O–H groups in total. The van der Waals surface area contributed by atoms with Crippen LogP contribution in [0.1, 0.15) is 12.5 Å². The molecule has 32 heavy (non-hydrogen) atoms. The van der Waals surface area contributed by atoms with Crippen molar-refractivity contribution in [1.29, 1.82) is 0 Å². The van der Waals surface area contributed by atoms with Gasteiger partial charge in [0.05, 0.1) is 19.1 Å². The molecule has 0 radical (unpaired) electrons. The van der Waals surface area contributed by atoms with E-state index in [2.05, 4.69) is 5.32 Å². The van der Waals surface area contributed by atoms with Gasteiger partial charge in [0, 0.05) is 19.7 Å². The highest BCUT2D eigenvalue weighted by molar-refractivity contribution is 7.92. The quantitative estimate of drug-likeness (QED) is 0.605.